The van der Waals surface area contributed by atoms with E-state index in [9.17, 15) is 13.2 Å². The van der Waals surface area contributed by atoms with E-state index in [1.807, 2.05) is 49.4 Å². The van der Waals surface area contributed by atoms with Gasteiger partial charge in [0.2, 0.25) is 0 Å². The van der Waals surface area contributed by atoms with Crippen LogP contribution in [-0.2, 0) is 16.4 Å². The molecule has 1 amide bonds. The lowest BCUT2D eigenvalue weighted by Crippen LogP contribution is -2.40. The molecule has 0 bridgehead atoms. The summed E-state index contributed by atoms with van der Waals surface area (Å²) in [6.45, 7) is 2.16. The average Bonchev–Trinajstić information content (AvgIpc) is 3.32. The zero-order chi connectivity index (χ0) is 21.3. The highest BCUT2D eigenvalue weighted by atomic mass is 35.5. The van der Waals surface area contributed by atoms with E-state index in [0.29, 0.717) is 28.5 Å². The van der Waals surface area contributed by atoms with Gasteiger partial charge in [-0.3, -0.25) is 4.79 Å². The van der Waals surface area contributed by atoms with E-state index < -0.39 is 9.84 Å². The number of furan rings is 1. The lowest BCUT2D eigenvalue weighted by atomic mass is 10.1. The Hall–Kier alpha value is -2.57. The minimum atomic E-state index is -3.14. The van der Waals surface area contributed by atoms with Gasteiger partial charge in [-0.15, -0.1) is 0 Å². The Bertz CT molecular complexity index is 1170. The fourth-order valence-electron chi connectivity index (χ4n) is 3.68. The number of benzene rings is 2. The fraction of sp³-hybridized carbons (Fsp3) is 0.261. The smallest absolute Gasteiger partial charge is 0.254 e. The van der Waals surface area contributed by atoms with Crippen molar-refractivity contribution in [1.82, 2.24) is 4.90 Å². The third kappa shape index (κ3) is 4.60. The lowest BCUT2D eigenvalue weighted by Gasteiger charge is -2.27. The van der Waals surface area contributed by atoms with Crippen LogP contribution in [0.4, 0.5) is 0 Å². The van der Waals surface area contributed by atoms with Crippen molar-refractivity contribution in [2.24, 2.45) is 0 Å². The molecule has 30 heavy (non-hydrogen) atoms. The van der Waals surface area contributed by atoms with Crippen molar-refractivity contribution in [2.45, 2.75) is 25.9 Å². The van der Waals surface area contributed by atoms with Gasteiger partial charge in [-0.2, -0.15) is 0 Å². The molecule has 1 fully saturated rings. The Balaban J connectivity index is 1.62. The van der Waals surface area contributed by atoms with Crippen molar-refractivity contribution in [3.63, 3.8) is 0 Å². The van der Waals surface area contributed by atoms with Crippen molar-refractivity contribution in [2.75, 3.05) is 11.5 Å². The molecule has 1 aliphatic rings. The topological polar surface area (TPSA) is 67.6 Å². The Labute approximate surface area is 181 Å². The van der Waals surface area contributed by atoms with Crippen LogP contribution in [0.1, 0.15) is 28.1 Å². The van der Waals surface area contributed by atoms with E-state index in [0.717, 1.165) is 11.1 Å². The maximum absolute atomic E-state index is 13.3. The van der Waals surface area contributed by atoms with Gasteiger partial charge in [-0.1, -0.05) is 41.4 Å². The standard InChI is InChI=1S/C23H22ClNO4S/c1-16-5-7-17(8-6-16)23(26)25(20-11-12-30(27,28)15-20)14-21-9-10-22(29-21)18-3-2-4-19(24)13-18/h2-10,13,20H,11-12,14-15H2,1H3/t20-/m1/s1. The minimum absolute atomic E-state index is 0.0214. The molecule has 0 spiro atoms. The van der Waals surface area contributed by atoms with Gasteiger partial charge in [0.1, 0.15) is 11.5 Å². The molecule has 3 aromatic rings. The predicted molar refractivity (Wildman–Crippen MR) is 117 cm³/mol. The maximum atomic E-state index is 13.3. The molecule has 0 N–H and O–H groups in total. The summed E-state index contributed by atoms with van der Waals surface area (Å²) in [7, 11) is -3.14. The van der Waals surface area contributed by atoms with Gasteiger partial charge in [-0.25, -0.2) is 8.42 Å². The third-order valence-electron chi connectivity index (χ3n) is 5.31. The van der Waals surface area contributed by atoms with Gasteiger partial charge in [0, 0.05) is 22.2 Å². The van der Waals surface area contributed by atoms with Crippen LogP contribution in [0, 0.1) is 6.92 Å². The second kappa shape index (κ2) is 8.28. The zero-order valence-electron chi connectivity index (χ0n) is 16.5. The van der Waals surface area contributed by atoms with Crippen molar-refractivity contribution >= 4 is 27.3 Å². The molecule has 1 aliphatic heterocycles. The number of sulfone groups is 1. The van der Waals surface area contributed by atoms with Crippen molar-refractivity contribution in [3.05, 3.63) is 82.6 Å². The van der Waals surface area contributed by atoms with Crippen LogP contribution >= 0.6 is 11.6 Å². The molecular formula is C23H22ClNO4S. The van der Waals surface area contributed by atoms with Crippen LogP contribution in [0.5, 0.6) is 0 Å². The van der Waals surface area contributed by atoms with Gasteiger partial charge >= 0.3 is 0 Å². The van der Waals surface area contributed by atoms with Crippen molar-refractivity contribution < 1.29 is 17.6 Å². The Morgan fingerprint density at radius 3 is 2.57 bits per heavy atom. The number of hydrogen-bond acceptors (Lipinski definition) is 4. The highest BCUT2D eigenvalue weighted by molar-refractivity contribution is 7.91. The van der Waals surface area contributed by atoms with Gasteiger partial charge in [0.15, 0.2) is 9.84 Å². The largest absolute Gasteiger partial charge is 0.459 e. The summed E-state index contributed by atoms with van der Waals surface area (Å²) in [6, 6.07) is 17.9. The van der Waals surface area contributed by atoms with E-state index in [4.69, 9.17) is 16.0 Å². The summed E-state index contributed by atoms with van der Waals surface area (Å²) in [5, 5.41) is 0.609. The highest BCUT2D eigenvalue weighted by Gasteiger charge is 2.35. The quantitative estimate of drug-likeness (QED) is 0.571. The molecule has 156 valence electrons. The number of rotatable bonds is 5. The summed E-state index contributed by atoms with van der Waals surface area (Å²) < 4.78 is 30.1. The van der Waals surface area contributed by atoms with Gasteiger partial charge < -0.3 is 9.32 Å². The second-order valence-electron chi connectivity index (χ2n) is 7.63. The molecule has 2 heterocycles. The van der Waals surface area contributed by atoms with E-state index in [-0.39, 0.29) is 30.0 Å². The third-order valence-corrected chi connectivity index (χ3v) is 7.29. The molecular weight excluding hydrogens is 422 g/mol. The molecule has 7 heteroatoms. The van der Waals surface area contributed by atoms with E-state index in [1.54, 1.807) is 23.1 Å². The number of amides is 1. The molecule has 0 aliphatic carbocycles. The minimum Gasteiger partial charge on any atom is -0.459 e. The summed E-state index contributed by atoms with van der Waals surface area (Å²) >= 11 is 6.07. The van der Waals surface area contributed by atoms with Gasteiger partial charge in [0.05, 0.1) is 18.1 Å². The van der Waals surface area contributed by atoms with Crippen LogP contribution in [-0.4, -0.2) is 36.8 Å². The van der Waals surface area contributed by atoms with Crippen LogP contribution in [0.3, 0.4) is 0 Å². The van der Waals surface area contributed by atoms with E-state index in [1.165, 1.54) is 0 Å². The molecule has 5 nitrogen and oxygen atoms in total. The van der Waals surface area contributed by atoms with Crippen molar-refractivity contribution in [1.29, 1.82) is 0 Å². The van der Waals surface area contributed by atoms with E-state index in [2.05, 4.69) is 0 Å². The predicted octanol–water partition coefficient (Wildman–Crippen LogP) is 4.74. The first-order valence-corrected chi connectivity index (χ1v) is 11.9. The van der Waals surface area contributed by atoms with Crippen LogP contribution in [0.15, 0.2) is 65.1 Å². The molecule has 1 saturated heterocycles. The zero-order valence-corrected chi connectivity index (χ0v) is 18.1. The molecule has 2 aromatic carbocycles. The first-order valence-electron chi connectivity index (χ1n) is 9.73. The average molecular weight is 444 g/mol. The first kappa shape index (κ1) is 20.7. The van der Waals surface area contributed by atoms with Gasteiger partial charge in [-0.05, 0) is 49.7 Å². The molecule has 0 radical (unpaired) electrons. The normalized spacial score (nSPS) is 17.7. The Kier molecular flexibility index (Phi) is 5.71. The Morgan fingerprint density at radius 2 is 1.90 bits per heavy atom. The van der Waals surface area contributed by atoms with E-state index >= 15 is 0 Å². The first-order chi connectivity index (χ1) is 14.3. The summed E-state index contributed by atoms with van der Waals surface area (Å²) in [5.41, 5.74) is 2.43. The summed E-state index contributed by atoms with van der Waals surface area (Å²) in [6.07, 6.45) is 0.432. The number of nitrogens with zero attached hydrogens (tertiary/aromatic N) is 1. The second-order valence-corrected chi connectivity index (χ2v) is 10.3. The van der Waals surface area contributed by atoms with Crippen LogP contribution < -0.4 is 0 Å². The molecule has 4 rings (SSSR count). The number of halogens is 1. The molecule has 0 unspecified atom stereocenters. The van der Waals surface area contributed by atoms with Gasteiger partial charge in [0.25, 0.3) is 5.91 Å². The van der Waals surface area contributed by atoms with Crippen LogP contribution in [0.25, 0.3) is 11.3 Å². The number of carbonyl (C=O) groups is 1. The SMILES string of the molecule is Cc1ccc(C(=O)N(Cc2ccc(-c3cccc(Cl)c3)o2)[C@@H]2CCS(=O)(=O)C2)cc1. The highest BCUT2D eigenvalue weighted by Crippen LogP contribution is 2.27. The molecule has 1 atom stereocenters. The summed E-state index contributed by atoms with van der Waals surface area (Å²) in [4.78, 5) is 14.9. The molecule has 0 saturated carbocycles. The van der Waals surface area contributed by atoms with Crippen LogP contribution in [0.2, 0.25) is 5.02 Å². The number of carbonyl (C=O) groups excluding carboxylic acids is 1. The monoisotopic (exact) mass is 443 g/mol. The number of aryl methyl sites for hydroxylation is 1. The lowest BCUT2D eigenvalue weighted by molar-refractivity contribution is 0.0666. The molecule has 1 aromatic heterocycles. The van der Waals surface area contributed by atoms with Crippen molar-refractivity contribution in [3.8, 4) is 11.3 Å². The Morgan fingerprint density at radius 1 is 1.13 bits per heavy atom. The summed E-state index contributed by atoms with van der Waals surface area (Å²) in [5.74, 6) is 1.12. The fourth-order valence-corrected chi connectivity index (χ4v) is 5.60. The maximum Gasteiger partial charge on any atom is 0.254 e. The number of hydrogen-bond donors (Lipinski definition) is 0.